The van der Waals surface area contributed by atoms with E-state index in [1.165, 1.54) is 24.3 Å². The summed E-state index contributed by atoms with van der Waals surface area (Å²) in [6.07, 6.45) is 0. The molecule has 37 heavy (non-hydrogen) atoms. The molecule has 0 bridgehead atoms. The first-order valence-corrected chi connectivity index (χ1v) is 14.0. The lowest BCUT2D eigenvalue weighted by atomic mass is 10.2. The molecule has 1 aromatic heterocycles. The van der Waals surface area contributed by atoms with Crippen molar-refractivity contribution < 1.29 is 27.0 Å². The van der Waals surface area contributed by atoms with Gasteiger partial charge in [0.25, 0.3) is 0 Å². The predicted octanol–water partition coefficient (Wildman–Crippen LogP) is 4.06. The summed E-state index contributed by atoms with van der Waals surface area (Å²) in [5, 5.41) is 20.0. The Bertz CT molecular complexity index is 1940. The Labute approximate surface area is 212 Å². The molecule has 0 aliphatic heterocycles. The number of aromatic nitrogens is 2. The van der Waals surface area contributed by atoms with Gasteiger partial charge in [-0.1, -0.05) is 35.4 Å². The third-order valence-corrected chi connectivity index (χ3v) is 9.77. The van der Waals surface area contributed by atoms with Crippen LogP contribution in [0.1, 0.15) is 11.1 Å². The number of anilines is 1. The molecule has 0 aliphatic carbocycles. The van der Waals surface area contributed by atoms with Crippen molar-refractivity contribution in [1.29, 1.82) is 0 Å². The van der Waals surface area contributed by atoms with Crippen LogP contribution in [0.25, 0.3) is 22.1 Å². The van der Waals surface area contributed by atoms with Crippen LogP contribution in [-0.4, -0.2) is 37.0 Å². The number of hydrogen-bond donors (Lipinski definition) is 3. The number of fused-ring (bicyclic) bond motifs is 2. The molecule has 0 spiro atoms. The smallest absolute Gasteiger partial charge is 0.207 e. The maximum absolute atomic E-state index is 13.8. The van der Waals surface area contributed by atoms with Gasteiger partial charge in [-0.2, -0.15) is 0 Å². The fourth-order valence-corrected chi connectivity index (χ4v) is 7.27. The number of aromatic hydroxyl groups is 2. The van der Waals surface area contributed by atoms with Gasteiger partial charge in [0.2, 0.25) is 19.7 Å². The van der Waals surface area contributed by atoms with E-state index in [9.17, 15) is 27.0 Å². The van der Waals surface area contributed by atoms with Crippen LogP contribution in [0, 0.1) is 13.8 Å². The third kappa shape index (κ3) is 4.02. The molecular weight excluding hydrogens is 514 g/mol. The molecule has 188 valence electrons. The molecule has 0 fully saturated rings. The van der Waals surface area contributed by atoms with Crippen LogP contribution in [0.5, 0.6) is 11.5 Å². The quantitative estimate of drug-likeness (QED) is 0.175. The summed E-state index contributed by atoms with van der Waals surface area (Å²) in [5.41, 5.74) is 7.54. The highest BCUT2D eigenvalue weighted by Gasteiger charge is 2.31. The van der Waals surface area contributed by atoms with E-state index in [4.69, 9.17) is 5.73 Å². The van der Waals surface area contributed by atoms with Gasteiger partial charge >= 0.3 is 0 Å². The molecule has 1 heterocycles. The first-order valence-electron chi connectivity index (χ1n) is 11.0. The number of phenolic OH excluding ortho intramolecular Hbond substituents is 2. The number of phenols is 2. The van der Waals surface area contributed by atoms with Gasteiger partial charge in [-0.3, -0.25) is 0 Å². The van der Waals surface area contributed by atoms with Gasteiger partial charge in [0.1, 0.15) is 11.2 Å². The summed E-state index contributed by atoms with van der Waals surface area (Å²) in [6, 6.07) is 15.5. The molecule has 5 aromatic rings. The number of rotatable bonds is 4. The Morgan fingerprint density at radius 1 is 0.649 bits per heavy atom. The molecule has 0 saturated carbocycles. The molecule has 0 atom stereocenters. The van der Waals surface area contributed by atoms with Crippen molar-refractivity contribution >= 4 is 47.4 Å². The zero-order chi connectivity index (χ0) is 26.7. The molecule has 4 N–H and O–H groups in total. The standard InChI is InChI=1S/C26H21N3O6S2/c1-14-3-7-16(8-4-14)36(32,33)22-12-18-19(29-25-20(28-18)11-21(30)26(31)24(25)27)13-23(22)37(34,35)17-9-5-15(2)6-10-17/h3-13,30-31H,27H2,1-2H3. The number of aryl methyl sites for hydroxylation is 2. The lowest BCUT2D eigenvalue weighted by molar-refractivity contribution is 0.406. The number of sulfone groups is 2. The van der Waals surface area contributed by atoms with E-state index >= 15 is 0 Å². The number of nitrogens with zero attached hydrogens (tertiary/aromatic N) is 2. The van der Waals surface area contributed by atoms with E-state index in [1.807, 2.05) is 0 Å². The van der Waals surface area contributed by atoms with Crippen molar-refractivity contribution in [3.8, 4) is 11.5 Å². The molecule has 0 saturated heterocycles. The Kier molecular flexibility index (Phi) is 5.57. The van der Waals surface area contributed by atoms with Crippen LogP contribution >= 0.6 is 0 Å². The Hall–Kier alpha value is -4.22. The van der Waals surface area contributed by atoms with Crippen molar-refractivity contribution in [3.63, 3.8) is 0 Å². The van der Waals surface area contributed by atoms with Crippen LogP contribution in [0.3, 0.4) is 0 Å². The fraction of sp³-hybridized carbons (Fsp3) is 0.0769. The first kappa shape index (κ1) is 24.5. The minimum absolute atomic E-state index is 0.0237. The highest BCUT2D eigenvalue weighted by molar-refractivity contribution is 7.94. The Morgan fingerprint density at radius 3 is 1.54 bits per heavy atom. The lowest BCUT2D eigenvalue weighted by Crippen LogP contribution is -2.12. The van der Waals surface area contributed by atoms with Crippen molar-refractivity contribution in [2.24, 2.45) is 0 Å². The summed E-state index contributed by atoms with van der Waals surface area (Å²) in [6.45, 7) is 3.61. The molecule has 4 aromatic carbocycles. The summed E-state index contributed by atoms with van der Waals surface area (Å²) in [7, 11) is -8.64. The maximum atomic E-state index is 13.8. The zero-order valence-electron chi connectivity index (χ0n) is 19.7. The topological polar surface area (TPSA) is 161 Å². The summed E-state index contributed by atoms with van der Waals surface area (Å²) in [4.78, 5) is 7.60. The number of nitrogen functional groups attached to an aromatic ring is 1. The van der Waals surface area contributed by atoms with E-state index in [0.29, 0.717) is 0 Å². The summed E-state index contributed by atoms with van der Waals surface area (Å²) >= 11 is 0. The highest BCUT2D eigenvalue weighted by atomic mass is 32.2. The fourth-order valence-electron chi connectivity index (χ4n) is 3.93. The Balaban J connectivity index is 1.88. The molecule has 0 radical (unpaired) electrons. The molecule has 0 amide bonds. The number of benzene rings is 4. The third-order valence-electron chi connectivity index (χ3n) is 6.02. The summed E-state index contributed by atoms with van der Waals surface area (Å²) < 4.78 is 55.0. The SMILES string of the molecule is Cc1ccc(S(=O)(=O)c2cc3nc4cc(O)c(O)c(N)c4nc3cc2S(=O)(=O)c2ccc(C)cc2)cc1. The minimum atomic E-state index is -4.32. The number of hydrogen-bond acceptors (Lipinski definition) is 9. The van der Waals surface area contributed by atoms with Crippen molar-refractivity contribution in [2.45, 2.75) is 33.4 Å². The van der Waals surface area contributed by atoms with Crippen molar-refractivity contribution in [2.75, 3.05) is 5.73 Å². The van der Waals surface area contributed by atoms with E-state index in [2.05, 4.69) is 9.97 Å². The van der Waals surface area contributed by atoms with Crippen molar-refractivity contribution in [1.82, 2.24) is 9.97 Å². The van der Waals surface area contributed by atoms with Crippen molar-refractivity contribution in [3.05, 3.63) is 77.9 Å². The van der Waals surface area contributed by atoms with E-state index in [0.717, 1.165) is 29.3 Å². The van der Waals surface area contributed by atoms with Crippen LogP contribution in [0.15, 0.2) is 86.3 Å². The van der Waals surface area contributed by atoms with Gasteiger partial charge in [-0.05, 0) is 50.2 Å². The lowest BCUT2D eigenvalue weighted by Gasteiger charge is -2.14. The average molecular weight is 536 g/mol. The minimum Gasteiger partial charge on any atom is -0.504 e. The van der Waals surface area contributed by atoms with Gasteiger partial charge in [0, 0.05) is 6.07 Å². The van der Waals surface area contributed by atoms with Gasteiger partial charge in [0.15, 0.2) is 11.5 Å². The molecule has 9 nitrogen and oxygen atoms in total. The first-order chi connectivity index (χ1) is 17.4. The van der Waals surface area contributed by atoms with E-state index in [1.54, 1.807) is 38.1 Å². The second kappa shape index (κ2) is 8.43. The predicted molar refractivity (Wildman–Crippen MR) is 138 cm³/mol. The van der Waals surface area contributed by atoms with Crippen LogP contribution in [-0.2, 0) is 19.7 Å². The Morgan fingerprint density at radius 2 is 1.08 bits per heavy atom. The molecule has 0 aliphatic rings. The van der Waals surface area contributed by atoms with Gasteiger partial charge in [0.05, 0.1) is 36.1 Å². The molecular formula is C26H21N3O6S2. The normalized spacial score (nSPS) is 12.3. The molecule has 5 rings (SSSR count). The highest BCUT2D eigenvalue weighted by Crippen LogP contribution is 2.39. The second-order valence-corrected chi connectivity index (χ2v) is 12.5. The van der Waals surface area contributed by atoms with E-state index in [-0.39, 0.29) is 37.5 Å². The maximum Gasteiger partial charge on any atom is 0.207 e. The second-order valence-electron chi connectivity index (χ2n) is 8.67. The monoisotopic (exact) mass is 535 g/mol. The van der Waals surface area contributed by atoms with Gasteiger partial charge < -0.3 is 15.9 Å². The zero-order valence-corrected chi connectivity index (χ0v) is 21.3. The van der Waals surface area contributed by atoms with Gasteiger partial charge in [-0.25, -0.2) is 26.8 Å². The largest absolute Gasteiger partial charge is 0.504 e. The molecule has 0 unspecified atom stereocenters. The van der Waals surface area contributed by atoms with Crippen LogP contribution < -0.4 is 5.73 Å². The number of nitrogens with two attached hydrogens (primary N) is 1. The average Bonchev–Trinajstić information content (AvgIpc) is 2.86. The van der Waals surface area contributed by atoms with Gasteiger partial charge in [-0.15, -0.1) is 0 Å². The van der Waals surface area contributed by atoms with Crippen LogP contribution in [0.2, 0.25) is 0 Å². The molecule has 11 heteroatoms. The van der Waals surface area contributed by atoms with E-state index < -0.39 is 41.0 Å². The van der Waals surface area contributed by atoms with Crippen LogP contribution in [0.4, 0.5) is 5.69 Å². The summed E-state index contributed by atoms with van der Waals surface area (Å²) in [5.74, 6) is -1.11.